The minimum atomic E-state index is -0.376. The number of rotatable bonds is 5. The van der Waals surface area contributed by atoms with Crippen LogP contribution in [-0.2, 0) is 11.3 Å². The number of nitrogens with zero attached hydrogens (tertiary/aromatic N) is 2. The zero-order valence-electron chi connectivity index (χ0n) is 12.8. The van der Waals surface area contributed by atoms with Gasteiger partial charge in [0.15, 0.2) is 0 Å². The highest BCUT2D eigenvalue weighted by Gasteiger charge is 2.15. The molecule has 22 heavy (non-hydrogen) atoms. The van der Waals surface area contributed by atoms with Crippen molar-refractivity contribution in [3.8, 4) is 11.3 Å². The first-order valence-corrected chi connectivity index (χ1v) is 7.55. The van der Waals surface area contributed by atoms with Gasteiger partial charge >= 0.3 is 5.97 Å². The Kier molecular flexibility index (Phi) is 3.96. The van der Waals surface area contributed by atoms with Gasteiger partial charge in [-0.2, -0.15) is 5.10 Å². The van der Waals surface area contributed by atoms with E-state index in [-0.39, 0.29) is 5.97 Å². The van der Waals surface area contributed by atoms with Crippen LogP contribution in [0.5, 0.6) is 0 Å². The van der Waals surface area contributed by atoms with Gasteiger partial charge in [-0.25, -0.2) is 4.79 Å². The van der Waals surface area contributed by atoms with Crippen molar-refractivity contribution in [2.45, 2.75) is 26.8 Å². The molecule has 1 N–H and O–H groups in total. The average Bonchev–Trinajstić information content (AvgIpc) is 3.13. The van der Waals surface area contributed by atoms with E-state index in [0.717, 1.165) is 29.6 Å². The third-order valence-corrected chi connectivity index (χ3v) is 3.60. The first-order valence-electron chi connectivity index (χ1n) is 7.55. The predicted molar refractivity (Wildman–Crippen MR) is 85.8 cm³/mol. The van der Waals surface area contributed by atoms with Gasteiger partial charge in [0.25, 0.3) is 0 Å². The van der Waals surface area contributed by atoms with Crippen molar-refractivity contribution in [1.29, 1.82) is 0 Å². The van der Waals surface area contributed by atoms with Crippen LogP contribution in [0.3, 0.4) is 0 Å². The molecular formula is C17H19N3O2. The number of ether oxygens (including phenoxy) is 1. The van der Waals surface area contributed by atoms with Gasteiger partial charge in [0.05, 0.1) is 12.3 Å². The maximum atomic E-state index is 11.8. The molecule has 0 saturated carbocycles. The summed E-state index contributed by atoms with van der Waals surface area (Å²) in [6.45, 7) is 5.24. The molecule has 5 heteroatoms. The van der Waals surface area contributed by atoms with Gasteiger partial charge in [0, 0.05) is 29.2 Å². The molecule has 3 rings (SSSR count). The van der Waals surface area contributed by atoms with Gasteiger partial charge in [0.1, 0.15) is 5.69 Å². The molecule has 114 valence electrons. The molecule has 0 aliphatic heterocycles. The number of para-hydroxylation sites is 1. The van der Waals surface area contributed by atoms with E-state index in [1.807, 2.05) is 12.1 Å². The number of esters is 1. The quantitative estimate of drug-likeness (QED) is 0.732. The number of nitrogens with one attached hydrogen (secondary N) is 1. The Balaban J connectivity index is 2.05. The topological polar surface area (TPSA) is 59.9 Å². The number of H-pyrrole nitrogens is 1. The number of hydrogen-bond donors (Lipinski definition) is 1. The van der Waals surface area contributed by atoms with Crippen LogP contribution in [0.25, 0.3) is 22.2 Å². The number of hydrogen-bond acceptors (Lipinski definition) is 3. The zero-order chi connectivity index (χ0) is 15.5. The monoisotopic (exact) mass is 297 g/mol. The molecular weight excluding hydrogens is 278 g/mol. The number of benzene rings is 1. The molecule has 0 amide bonds. The van der Waals surface area contributed by atoms with Crippen molar-refractivity contribution in [1.82, 2.24) is 14.8 Å². The van der Waals surface area contributed by atoms with Gasteiger partial charge in [-0.3, -0.25) is 5.10 Å². The maximum Gasteiger partial charge on any atom is 0.356 e. The van der Waals surface area contributed by atoms with E-state index in [4.69, 9.17) is 4.74 Å². The lowest BCUT2D eigenvalue weighted by Crippen LogP contribution is -2.04. The largest absolute Gasteiger partial charge is 0.461 e. The molecule has 0 aliphatic rings. The van der Waals surface area contributed by atoms with Crippen LogP contribution < -0.4 is 0 Å². The fourth-order valence-electron chi connectivity index (χ4n) is 2.65. The predicted octanol–water partition coefficient (Wildman–Crippen LogP) is 3.62. The molecule has 0 unspecified atom stereocenters. The van der Waals surface area contributed by atoms with Crippen molar-refractivity contribution in [3.63, 3.8) is 0 Å². The smallest absolute Gasteiger partial charge is 0.356 e. The summed E-state index contributed by atoms with van der Waals surface area (Å²) in [4.78, 5) is 11.8. The molecule has 0 bridgehead atoms. The van der Waals surface area contributed by atoms with Crippen LogP contribution in [0, 0.1) is 0 Å². The Morgan fingerprint density at radius 2 is 2.14 bits per heavy atom. The zero-order valence-corrected chi connectivity index (χ0v) is 12.8. The maximum absolute atomic E-state index is 11.8. The lowest BCUT2D eigenvalue weighted by atomic mass is 10.1. The lowest BCUT2D eigenvalue weighted by molar-refractivity contribution is 0.0519. The summed E-state index contributed by atoms with van der Waals surface area (Å²) in [6.07, 6.45) is 3.16. The molecule has 0 saturated heterocycles. The Bertz CT molecular complexity index is 801. The molecule has 0 spiro atoms. The SMILES string of the molecule is CCCn1cc(-c2cc(C(=O)OCC)[nH]n2)c2ccccc21. The van der Waals surface area contributed by atoms with Gasteiger partial charge in [-0.05, 0) is 25.5 Å². The van der Waals surface area contributed by atoms with Gasteiger partial charge in [-0.1, -0.05) is 25.1 Å². The Hall–Kier alpha value is -2.56. The normalized spacial score (nSPS) is 11.0. The third-order valence-electron chi connectivity index (χ3n) is 3.60. The first-order chi connectivity index (χ1) is 10.7. The second kappa shape index (κ2) is 6.05. The second-order valence-electron chi connectivity index (χ2n) is 5.14. The summed E-state index contributed by atoms with van der Waals surface area (Å²) in [6, 6.07) is 9.98. The number of fused-ring (bicyclic) bond motifs is 1. The molecule has 2 aromatic heterocycles. The third kappa shape index (κ3) is 2.50. The van der Waals surface area contributed by atoms with E-state index in [0.29, 0.717) is 12.3 Å². The van der Waals surface area contributed by atoms with Crippen LogP contribution in [0.2, 0.25) is 0 Å². The highest BCUT2D eigenvalue weighted by atomic mass is 16.5. The summed E-state index contributed by atoms with van der Waals surface area (Å²) in [7, 11) is 0. The highest BCUT2D eigenvalue weighted by molar-refractivity contribution is 5.96. The van der Waals surface area contributed by atoms with Crippen LogP contribution in [-0.4, -0.2) is 27.3 Å². The van der Waals surface area contributed by atoms with Crippen LogP contribution in [0.15, 0.2) is 36.5 Å². The Morgan fingerprint density at radius 1 is 1.32 bits per heavy atom. The van der Waals surface area contributed by atoms with E-state index >= 15 is 0 Å². The van der Waals surface area contributed by atoms with E-state index in [9.17, 15) is 4.79 Å². The summed E-state index contributed by atoms with van der Waals surface area (Å²) >= 11 is 0. The minimum absolute atomic E-state index is 0.350. The molecule has 0 fully saturated rings. The number of carbonyl (C=O) groups is 1. The fraction of sp³-hybridized carbons (Fsp3) is 0.294. The summed E-state index contributed by atoms with van der Waals surface area (Å²) in [5, 5.41) is 8.17. The highest BCUT2D eigenvalue weighted by Crippen LogP contribution is 2.30. The van der Waals surface area contributed by atoms with Crippen LogP contribution in [0.4, 0.5) is 0 Å². The van der Waals surface area contributed by atoms with E-state index in [1.54, 1.807) is 13.0 Å². The number of aromatic amines is 1. The van der Waals surface area contributed by atoms with E-state index < -0.39 is 0 Å². The van der Waals surface area contributed by atoms with Gasteiger partial charge < -0.3 is 9.30 Å². The Labute approximate surface area is 128 Å². The molecule has 0 atom stereocenters. The molecule has 1 aromatic carbocycles. The van der Waals surface area contributed by atoms with E-state index in [2.05, 4.69) is 40.0 Å². The summed E-state index contributed by atoms with van der Waals surface area (Å²) < 4.78 is 7.22. The second-order valence-corrected chi connectivity index (χ2v) is 5.14. The van der Waals surface area contributed by atoms with Crippen molar-refractivity contribution < 1.29 is 9.53 Å². The molecule has 0 aliphatic carbocycles. The van der Waals surface area contributed by atoms with Crippen LogP contribution in [0.1, 0.15) is 30.8 Å². The molecule has 2 heterocycles. The van der Waals surface area contributed by atoms with E-state index in [1.165, 1.54) is 5.52 Å². The number of aromatic nitrogens is 3. The lowest BCUT2D eigenvalue weighted by Gasteiger charge is -2.00. The van der Waals surface area contributed by atoms with Gasteiger partial charge in [0.2, 0.25) is 0 Å². The summed E-state index contributed by atoms with van der Waals surface area (Å²) in [5.74, 6) is -0.376. The minimum Gasteiger partial charge on any atom is -0.461 e. The fourth-order valence-corrected chi connectivity index (χ4v) is 2.65. The number of aryl methyl sites for hydroxylation is 1. The molecule has 0 radical (unpaired) electrons. The number of carbonyl (C=O) groups excluding carboxylic acids is 1. The van der Waals surface area contributed by atoms with Crippen molar-refractivity contribution in [2.24, 2.45) is 0 Å². The Morgan fingerprint density at radius 3 is 2.91 bits per heavy atom. The molecule has 3 aromatic rings. The average molecular weight is 297 g/mol. The van der Waals surface area contributed by atoms with Crippen molar-refractivity contribution >= 4 is 16.9 Å². The van der Waals surface area contributed by atoms with Crippen molar-refractivity contribution in [3.05, 3.63) is 42.2 Å². The van der Waals surface area contributed by atoms with Crippen LogP contribution >= 0.6 is 0 Å². The first kappa shape index (κ1) is 14.4. The van der Waals surface area contributed by atoms with Gasteiger partial charge in [-0.15, -0.1) is 0 Å². The molecule has 5 nitrogen and oxygen atoms in total. The summed E-state index contributed by atoms with van der Waals surface area (Å²) in [5.41, 5.74) is 3.34. The standard InChI is InChI=1S/C17H19N3O2/c1-3-9-20-11-13(12-7-5-6-8-16(12)20)14-10-15(19-18-14)17(21)22-4-2/h5-8,10-11H,3-4,9H2,1-2H3,(H,18,19). The van der Waals surface area contributed by atoms with Crippen molar-refractivity contribution in [2.75, 3.05) is 6.61 Å².